The van der Waals surface area contributed by atoms with Crippen LogP contribution in [0.25, 0.3) is 22.3 Å². The Labute approximate surface area is 139 Å². The number of sulfonamides is 1. The van der Waals surface area contributed by atoms with Crippen LogP contribution in [0.15, 0.2) is 31.0 Å². The number of fused-ring (bicyclic) bond motifs is 1. The molecule has 0 saturated carbocycles. The maximum absolute atomic E-state index is 11.9. The van der Waals surface area contributed by atoms with Gasteiger partial charge in [0, 0.05) is 35.9 Å². The Bertz CT molecular complexity index is 977. The minimum absolute atomic E-state index is 0.0366. The van der Waals surface area contributed by atoms with Gasteiger partial charge < -0.3 is 4.98 Å². The molecule has 1 aliphatic rings. The highest BCUT2D eigenvalue weighted by Gasteiger charge is 2.31. The van der Waals surface area contributed by atoms with Crippen LogP contribution in [0.5, 0.6) is 0 Å². The number of nitrogens with one attached hydrogen (secondary N) is 1. The molecule has 1 N–H and O–H groups in total. The second kappa shape index (κ2) is 5.67. The van der Waals surface area contributed by atoms with Crippen molar-refractivity contribution < 1.29 is 8.42 Å². The summed E-state index contributed by atoms with van der Waals surface area (Å²) in [7, 11) is -3.17. The molecule has 0 bridgehead atoms. The molecule has 126 valence electrons. The summed E-state index contributed by atoms with van der Waals surface area (Å²) in [5, 5.41) is 5.33. The molecule has 24 heavy (non-hydrogen) atoms. The summed E-state index contributed by atoms with van der Waals surface area (Å²) in [6.07, 6.45) is 10.0. The predicted octanol–water partition coefficient (Wildman–Crippen LogP) is 1.25. The van der Waals surface area contributed by atoms with Crippen molar-refractivity contribution in [1.29, 1.82) is 0 Å². The van der Waals surface area contributed by atoms with Gasteiger partial charge in [-0.15, -0.1) is 0 Å². The van der Waals surface area contributed by atoms with Crippen molar-refractivity contribution in [2.45, 2.75) is 25.4 Å². The standard InChI is InChI=1S/C15H18N6O2S/c1-24(22,23)21-6-2-3-12(21)9-20-8-11(7-19-20)14-13-4-5-16-15(13)18-10-17-14/h4-5,7-8,10,12H,2-3,6,9H2,1H3,(H,16,17,18)/t12-/m1/s1. The lowest BCUT2D eigenvalue weighted by Crippen LogP contribution is -2.37. The summed E-state index contributed by atoms with van der Waals surface area (Å²) in [6.45, 7) is 1.14. The van der Waals surface area contributed by atoms with E-state index in [-0.39, 0.29) is 6.04 Å². The van der Waals surface area contributed by atoms with Crippen LogP contribution in [0.1, 0.15) is 12.8 Å². The first-order valence-electron chi connectivity index (χ1n) is 7.80. The van der Waals surface area contributed by atoms with Gasteiger partial charge in [0.1, 0.15) is 12.0 Å². The summed E-state index contributed by atoms with van der Waals surface area (Å²) in [4.78, 5) is 11.6. The Hall–Kier alpha value is -2.26. The van der Waals surface area contributed by atoms with E-state index in [1.165, 1.54) is 12.6 Å². The molecular formula is C15H18N6O2S. The number of H-pyrrole nitrogens is 1. The number of nitrogens with zero attached hydrogens (tertiary/aromatic N) is 5. The second-order valence-corrected chi connectivity index (χ2v) is 8.02. The number of hydrogen-bond donors (Lipinski definition) is 1. The van der Waals surface area contributed by atoms with Crippen LogP contribution in [0.4, 0.5) is 0 Å². The quantitative estimate of drug-likeness (QED) is 0.767. The fourth-order valence-corrected chi connectivity index (χ4v) is 4.51. The molecule has 0 amide bonds. The van der Waals surface area contributed by atoms with Gasteiger partial charge >= 0.3 is 0 Å². The van der Waals surface area contributed by atoms with Crippen molar-refractivity contribution in [3.05, 3.63) is 31.0 Å². The van der Waals surface area contributed by atoms with Gasteiger partial charge in [0.05, 0.1) is 24.7 Å². The van der Waals surface area contributed by atoms with E-state index in [1.54, 1.807) is 15.2 Å². The largest absolute Gasteiger partial charge is 0.346 e. The molecule has 1 aliphatic heterocycles. The van der Waals surface area contributed by atoms with E-state index in [9.17, 15) is 8.42 Å². The van der Waals surface area contributed by atoms with Crippen molar-refractivity contribution in [1.82, 2.24) is 29.0 Å². The molecule has 0 spiro atoms. The van der Waals surface area contributed by atoms with Gasteiger partial charge in [-0.3, -0.25) is 4.68 Å². The van der Waals surface area contributed by atoms with E-state index in [1.807, 2.05) is 18.5 Å². The average Bonchev–Trinajstić information content (AvgIpc) is 3.26. The van der Waals surface area contributed by atoms with Crippen LogP contribution in [-0.2, 0) is 16.6 Å². The van der Waals surface area contributed by atoms with Gasteiger partial charge in [0.2, 0.25) is 10.0 Å². The molecule has 0 radical (unpaired) electrons. The Morgan fingerprint density at radius 1 is 1.38 bits per heavy atom. The number of rotatable bonds is 4. The third-order valence-electron chi connectivity index (χ3n) is 4.41. The van der Waals surface area contributed by atoms with Crippen LogP contribution >= 0.6 is 0 Å². The van der Waals surface area contributed by atoms with Gasteiger partial charge in [0.25, 0.3) is 0 Å². The molecular weight excluding hydrogens is 328 g/mol. The van der Waals surface area contributed by atoms with E-state index in [0.29, 0.717) is 13.1 Å². The van der Waals surface area contributed by atoms with Crippen LogP contribution in [0, 0.1) is 0 Å². The van der Waals surface area contributed by atoms with Crippen molar-refractivity contribution in [2.75, 3.05) is 12.8 Å². The maximum atomic E-state index is 11.9. The molecule has 1 fully saturated rings. The van der Waals surface area contributed by atoms with Crippen molar-refractivity contribution in [2.24, 2.45) is 0 Å². The molecule has 0 aromatic carbocycles. The van der Waals surface area contributed by atoms with E-state index >= 15 is 0 Å². The lowest BCUT2D eigenvalue weighted by Gasteiger charge is -2.21. The Kier molecular flexibility index (Phi) is 3.61. The van der Waals surface area contributed by atoms with Crippen LogP contribution in [0.2, 0.25) is 0 Å². The molecule has 9 heteroatoms. The molecule has 8 nitrogen and oxygen atoms in total. The average molecular weight is 346 g/mol. The molecule has 3 aromatic heterocycles. The van der Waals surface area contributed by atoms with Gasteiger partial charge in [-0.1, -0.05) is 0 Å². The predicted molar refractivity (Wildman–Crippen MR) is 89.7 cm³/mol. The van der Waals surface area contributed by atoms with Gasteiger partial charge in [-0.05, 0) is 18.9 Å². The number of aromatic amines is 1. The zero-order chi connectivity index (χ0) is 16.7. The van der Waals surface area contributed by atoms with Crippen LogP contribution in [-0.4, -0.2) is 56.3 Å². The molecule has 1 atom stereocenters. The SMILES string of the molecule is CS(=O)(=O)N1CCC[C@@H]1Cn1cc(-c2ncnc3[nH]ccc23)cn1. The number of aromatic nitrogens is 5. The summed E-state index contributed by atoms with van der Waals surface area (Å²) >= 11 is 0. The topological polar surface area (TPSA) is 96.8 Å². The van der Waals surface area contributed by atoms with Gasteiger partial charge in [-0.25, -0.2) is 18.4 Å². The molecule has 0 unspecified atom stereocenters. The fourth-order valence-electron chi connectivity index (χ4n) is 3.33. The van der Waals surface area contributed by atoms with Crippen LogP contribution in [0.3, 0.4) is 0 Å². The third-order valence-corrected chi connectivity index (χ3v) is 5.74. The molecule has 4 heterocycles. The van der Waals surface area contributed by atoms with E-state index in [2.05, 4.69) is 20.1 Å². The first-order valence-corrected chi connectivity index (χ1v) is 9.65. The smallest absolute Gasteiger partial charge is 0.211 e. The number of hydrogen-bond acceptors (Lipinski definition) is 5. The Morgan fingerprint density at radius 2 is 2.25 bits per heavy atom. The van der Waals surface area contributed by atoms with Gasteiger partial charge in [-0.2, -0.15) is 9.40 Å². The Morgan fingerprint density at radius 3 is 3.08 bits per heavy atom. The zero-order valence-corrected chi connectivity index (χ0v) is 14.1. The summed E-state index contributed by atoms with van der Waals surface area (Å²) < 4.78 is 27.1. The minimum atomic E-state index is -3.17. The van der Waals surface area contributed by atoms with Crippen molar-refractivity contribution in [3.8, 4) is 11.3 Å². The van der Waals surface area contributed by atoms with E-state index < -0.39 is 10.0 Å². The summed E-state index contributed by atoms with van der Waals surface area (Å²) in [5.41, 5.74) is 2.50. The molecule has 3 aromatic rings. The maximum Gasteiger partial charge on any atom is 0.211 e. The van der Waals surface area contributed by atoms with E-state index in [0.717, 1.165) is 35.1 Å². The van der Waals surface area contributed by atoms with Crippen molar-refractivity contribution in [3.63, 3.8) is 0 Å². The summed E-state index contributed by atoms with van der Waals surface area (Å²) in [6, 6.07) is 1.90. The first kappa shape index (κ1) is 15.3. The molecule has 0 aliphatic carbocycles. The molecule has 1 saturated heterocycles. The van der Waals surface area contributed by atoms with Crippen LogP contribution < -0.4 is 0 Å². The summed E-state index contributed by atoms with van der Waals surface area (Å²) in [5.74, 6) is 0. The second-order valence-electron chi connectivity index (χ2n) is 6.08. The highest BCUT2D eigenvalue weighted by Crippen LogP contribution is 2.25. The molecule has 4 rings (SSSR count). The fraction of sp³-hybridized carbons (Fsp3) is 0.400. The Balaban J connectivity index is 1.60. The highest BCUT2D eigenvalue weighted by molar-refractivity contribution is 7.88. The minimum Gasteiger partial charge on any atom is -0.346 e. The van der Waals surface area contributed by atoms with Gasteiger partial charge in [0.15, 0.2) is 0 Å². The first-order chi connectivity index (χ1) is 11.5. The lowest BCUT2D eigenvalue weighted by atomic mass is 10.2. The lowest BCUT2D eigenvalue weighted by molar-refractivity contribution is 0.343. The zero-order valence-electron chi connectivity index (χ0n) is 13.3. The van der Waals surface area contributed by atoms with E-state index in [4.69, 9.17) is 0 Å². The van der Waals surface area contributed by atoms with Crippen molar-refractivity contribution >= 4 is 21.1 Å². The highest BCUT2D eigenvalue weighted by atomic mass is 32.2. The normalized spacial score (nSPS) is 19.3. The third kappa shape index (κ3) is 2.69. The monoisotopic (exact) mass is 346 g/mol.